The van der Waals surface area contributed by atoms with Crippen LogP contribution in [0.3, 0.4) is 0 Å². The van der Waals surface area contributed by atoms with Gasteiger partial charge in [0.25, 0.3) is 5.91 Å². The van der Waals surface area contributed by atoms with Crippen molar-refractivity contribution in [3.63, 3.8) is 0 Å². The Hall–Kier alpha value is -2.59. The number of benzene rings is 1. The second kappa shape index (κ2) is 7.57. The van der Waals surface area contributed by atoms with Crippen LogP contribution in [0.2, 0.25) is 0 Å². The monoisotopic (exact) mass is 409 g/mol. The van der Waals surface area contributed by atoms with E-state index in [2.05, 4.69) is 10.6 Å². The quantitative estimate of drug-likeness (QED) is 0.652. The van der Waals surface area contributed by atoms with Crippen molar-refractivity contribution in [3.05, 3.63) is 40.1 Å². The molecule has 8 nitrogen and oxygen atoms in total. The predicted octanol–water partition coefficient (Wildman–Crippen LogP) is 1.88. The predicted molar refractivity (Wildman–Crippen MR) is 104 cm³/mol. The summed E-state index contributed by atoms with van der Waals surface area (Å²) in [6.07, 6.45) is 0.539. The molecular weight excluding hydrogens is 390 g/mol. The number of nitrogens with zero attached hydrogens (tertiary/aromatic N) is 1. The molecule has 1 aliphatic heterocycles. The SMILES string of the molecule is CC(=O)NCc1ccc(C(=O)Nc2cc(N3CCCS3(=O)=O)ccc2O)s1. The summed E-state index contributed by atoms with van der Waals surface area (Å²) in [5.41, 5.74) is 0.537. The molecule has 1 saturated heterocycles. The van der Waals surface area contributed by atoms with Gasteiger partial charge in [-0.25, -0.2) is 8.42 Å². The van der Waals surface area contributed by atoms with Crippen LogP contribution >= 0.6 is 11.3 Å². The fourth-order valence-electron chi connectivity index (χ4n) is 2.70. The third kappa shape index (κ3) is 4.40. The summed E-state index contributed by atoms with van der Waals surface area (Å²) in [7, 11) is -3.35. The lowest BCUT2D eigenvalue weighted by Crippen LogP contribution is -2.25. The number of phenols is 1. The normalized spacial score (nSPS) is 15.5. The highest BCUT2D eigenvalue weighted by molar-refractivity contribution is 7.93. The van der Waals surface area contributed by atoms with E-state index in [0.717, 1.165) is 4.88 Å². The van der Waals surface area contributed by atoms with Crippen molar-refractivity contribution in [2.75, 3.05) is 21.9 Å². The summed E-state index contributed by atoms with van der Waals surface area (Å²) in [5.74, 6) is -0.653. The Labute approximate surface area is 160 Å². The molecule has 144 valence electrons. The fraction of sp³-hybridized carbons (Fsp3) is 0.294. The lowest BCUT2D eigenvalue weighted by molar-refractivity contribution is -0.119. The van der Waals surface area contributed by atoms with Gasteiger partial charge in [-0.15, -0.1) is 11.3 Å². The first-order valence-corrected chi connectivity index (χ1v) is 10.7. The molecule has 1 aromatic heterocycles. The molecule has 0 bridgehead atoms. The van der Waals surface area contributed by atoms with Gasteiger partial charge in [0.1, 0.15) is 5.75 Å². The second-order valence-corrected chi connectivity index (χ2v) is 9.25. The Morgan fingerprint density at radius 2 is 2.04 bits per heavy atom. The molecule has 1 fully saturated rings. The number of amides is 2. The van der Waals surface area contributed by atoms with Crippen LogP contribution in [0, 0.1) is 0 Å². The number of sulfonamides is 1. The number of thiophene rings is 1. The van der Waals surface area contributed by atoms with E-state index in [9.17, 15) is 23.1 Å². The van der Waals surface area contributed by atoms with Gasteiger partial charge in [-0.3, -0.25) is 13.9 Å². The molecule has 3 rings (SSSR count). The highest BCUT2D eigenvalue weighted by Crippen LogP contribution is 2.32. The molecule has 2 heterocycles. The summed E-state index contributed by atoms with van der Waals surface area (Å²) in [5, 5.41) is 15.3. The van der Waals surface area contributed by atoms with E-state index in [-0.39, 0.29) is 23.1 Å². The van der Waals surface area contributed by atoms with Crippen LogP contribution < -0.4 is 14.9 Å². The first kappa shape index (κ1) is 19.2. The van der Waals surface area contributed by atoms with Gasteiger partial charge in [0.05, 0.1) is 28.5 Å². The molecule has 1 aromatic carbocycles. The van der Waals surface area contributed by atoms with Crippen molar-refractivity contribution in [3.8, 4) is 5.75 Å². The average molecular weight is 409 g/mol. The number of carbonyl (C=O) groups excluding carboxylic acids is 2. The standard InChI is InChI=1S/C17H19N3O5S2/c1-11(21)18-10-13-4-6-16(26-13)17(23)19-14-9-12(3-5-15(14)22)20-7-2-8-27(20,24)25/h3-6,9,22H,2,7-8,10H2,1H3,(H,18,21)(H,19,23). The molecule has 0 spiro atoms. The molecule has 10 heteroatoms. The van der Waals surface area contributed by atoms with Crippen LogP contribution in [0.25, 0.3) is 0 Å². The molecule has 3 N–H and O–H groups in total. The first-order valence-electron chi connectivity index (χ1n) is 8.24. The van der Waals surface area contributed by atoms with Crippen molar-refractivity contribution in [1.29, 1.82) is 0 Å². The highest BCUT2D eigenvalue weighted by Gasteiger charge is 2.29. The maximum Gasteiger partial charge on any atom is 0.265 e. The van der Waals surface area contributed by atoms with Crippen molar-refractivity contribution in [2.24, 2.45) is 0 Å². The van der Waals surface area contributed by atoms with Crippen LogP contribution in [0.5, 0.6) is 5.75 Å². The van der Waals surface area contributed by atoms with Crippen molar-refractivity contribution in [2.45, 2.75) is 19.9 Å². The summed E-state index contributed by atoms with van der Waals surface area (Å²) >= 11 is 1.22. The third-order valence-electron chi connectivity index (χ3n) is 4.01. The van der Waals surface area contributed by atoms with E-state index in [1.165, 1.54) is 40.8 Å². The largest absolute Gasteiger partial charge is 0.506 e. The maximum atomic E-state index is 12.4. The number of hydrogen-bond acceptors (Lipinski definition) is 6. The molecule has 0 radical (unpaired) electrons. The number of anilines is 2. The van der Waals surface area contributed by atoms with Crippen molar-refractivity contribution < 1.29 is 23.1 Å². The number of aromatic hydroxyl groups is 1. The number of rotatable bonds is 5. The Balaban J connectivity index is 1.76. The minimum Gasteiger partial charge on any atom is -0.506 e. The topological polar surface area (TPSA) is 116 Å². The molecule has 0 saturated carbocycles. The van der Waals surface area contributed by atoms with Crippen LogP contribution in [0.15, 0.2) is 30.3 Å². The average Bonchev–Trinajstić information content (AvgIpc) is 3.21. The van der Waals surface area contributed by atoms with Gasteiger partial charge < -0.3 is 15.7 Å². The van der Waals surface area contributed by atoms with E-state index in [0.29, 0.717) is 30.1 Å². The highest BCUT2D eigenvalue weighted by atomic mass is 32.2. The smallest absolute Gasteiger partial charge is 0.265 e. The Morgan fingerprint density at radius 3 is 2.70 bits per heavy atom. The van der Waals surface area contributed by atoms with Gasteiger partial charge in [-0.05, 0) is 36.8 Å². The fourth-order valence-corrected chi connectivity index (χ4v) is 5.10. The number of hydrogen-bond donors (Lipinski definition) is 3. The summed E-state index contributed by atoms with van der Waals surface area (Å²) in [4.78, 5) is 24.6. The molecular formula is C17H19N3O5S2. The summed E-state index contributed by atoms with van der Waals surface area (Å²) in [6.45, 7) is 2.12. The number of phenolic OH excluding ortho intramolecular Hbond substituents is 1. The van der Waals surface area contributed by atoms with Gasteiger partial charge in [-0.2, -0.15) is 0 Å². The lowest BCUT2D eigenvalue weighted by atomic mass is 10.2. The van der Waals surface area contributed by atoms with Gasteiger partial charge in [0.15, 0.2) is 0 Å². The Kier molecular flexibility index (Phi) is 5.38. The first-order chi connectivity index (χ1) is 12.8. The third-order valence-corrected chi connectivity index (χ3v) is 6.97. The zero-order valence-electron chi connectivity index (χ0n) is 14.6. The molecule has 0 unspecified atom stereocenters. The van der Waals surface area contributed by atoms with E-state index < -0.39 is 15.9 Å². The van der Waals surface area contributed by atoms with Crippen LogP contribution in [-0.2, 0) is 21.4 Å². The van der Waals surface area contributed by atoms with Gasteiger partial charge >= 0.3 is 0 Å². The number of nitrogens with one attached hydrogen (secondary N) is 2. The van der Waals surface area contributed by atoms with E-state index >= 15 is 0 Å². The van der Waals surface area contributed by atoms with Crippen LogP contribution in [0.1, 0.15) is 27.9 Å². The summed E-state index contributed by atoms with van der Waals surface area (Å²) < 4.78 is 25.4. The number of carbonyl (C=O) groups is 2. The van der Waals surface area contributed by atoms with Crippen molar-refractivity contribution >= 4 is 44.5 Å². The molecule has 2 amide bonds. The van der Waals surface area contributed by atoms with E-state index in [1.54, 1.807) is 12.1 Å². The Morgan fingerprint density at radius 1 is 1.26 bits per heavy atom. The minimum absolute atomic E-state index is 0.0852. The second-order valence-electron chi connectivity index (χ2n) is 6.07. The molecule has 0 atom stereocenters. The summed E-state index contributed by atoms with van der Waals surface area (Å²) in [6, 6.07) is 7.67. The minimum atomic E-state index is -3.35. The van der Waals surface area contributed by atoms with Crippen LogP contribution in [-0.4, -0.2) is 37.6 Å². The van der Waals surface area contributed by atoms with Gasteiger partial charge in [-0.1, -0.05) is 0 Å². The Bertz CT molecular complexity index is 984. The molecule has 0 aliphatic carbocycles. The van der Waals surface area contributed by atoms with E-state index in [4.69, 9.17) is 0 Å². The lowest BCUT2D eigenvalue weighted by Gasteiger charge is -2.18. The zero-order chi connectivity index (χ0) is 19.6. The maximum absolute atomic E-state index is 12.4. The van der Waals surface area contributed by atoms with Crippen LogP contribution in [0.4, 0.5) is 11.4 Å². The molecule has 2 aromatic rings. The van der Waals surface area contributed by atoms with Gasteiger partial charge in [0.2, 0.25) is 15.9 Å². The van der Waals surface area contributed by atoms with Gasteiger partial charge in [0, 0.05) is 18.3 Å². The van der Waals surface area contributed by atoms with Crippen molar-refractivity contribution in [1.82, 2.24) is 5.32 Å². The molecule has 1 aliphatic rings. The molecule has 27 heavy (non-hydrogen) atoms. The zero-order valence-corrected chi connectivity index (χ0v) is 16.2. The van der Waals surface area contributed by atoms with E-state index in [1.807, 2.05) is 0 Å².